The van der Waals surface area contributed by atoms with Crippen LogP contribution >= 0.6 is 0 Å². The number of nitrogens with zero attached hydrogens (tertiary/aromatic N) is 2. The maximum atomic E-state index is 8.25. The van der Waals surface area contributed by atoms with Gasteiger partial charge in [0.15, 0.2) is 0 Å². The predicted octanol–water partition coefficient (Wildman–Crippen LogP) is -4.36. The summed E-state index contributed by atoms with van der Waals surface area (Å²) in [4.78, 5) is 24.8. The van der Waals surface area contributed by atoms with Gasteiger partial charge in [0.05, 0.1) is 10.2 Å². The van der Waals surface area contributed by atoms with E-state index in [1.54, 1.807) is 0 Å². The molecule has 0 aliphatic rings. The normalized spacial score (nSPS) is 4.29. The molecule has 0 heterocycles. The summed E-state index contributed by atoms with van der Waals surface area (Å²) in [7, 11) is 0. The average molecular weight is 228 g/mol. The minimum Gasteiger partial charge on any atom is -0.554 e. The quantitative estimate of drug-likeness (QED) is 0.177. The van der Waals surface area contributed by atoms with Gasteiger partial charge in [-0.2, -0.15) is 0 Å². The Labute approximate surface area is 99.2 Å². The van der Waals surface area contributed by atoms with Gasteiger partial charge < -0.3 is 52.8 Å². The van der Waals surface area contributed by atoms with Gasteiger partial charge in [0.2, 0.25) is 0 Å². The molecule has 14 heavy (non-hydrogen) atoms. The fourth-order valence-corrected chi connectivity index (χ4v) is 0. The number of hydrogen-bond donors (Lipinski definition) is 2. The van der Waals surface area contributed by atoms with Crippen LogP contribution in [0.4, 0.5) is 0 Å². The van der Waals surface area contributed by atoms with Crippen LogP contribution in [0, 0.1) is 30.6 Å². The first-order chi connectivity index (χ1) is 4.88. The van der Waals surface area contributed by atoms with Crippen molar-refractivity contribution in [3.63, 3.8) is 0 Å². The number of carboxylic acid groups (broad SMARTS) is 1. The Morgan fingerprint density at radius 2 is 0.857 bits per heavy atom. The molecular formula is CH9N4NaO8. The summed E-state index contributed by atoms with van der Waals surface area (Å²) in [6.07, 6.45) is 0. The summed E-state index contributed by atoms with van der Waals surface area (Å²) in [5, 5.41) is 37.8. The van der Waals surface area contributed by atoms with Gasteiger partial charge in [-0.05, 0) is 0 Å². The molecule has 0 aromatic carbocycles. The van der Waals surface area contributed by atoms with E-state index in [9.17, 15) is 0 Å². The molecule has 13 heteroatoms. The summed E-state index contributed by atoms with van der Waals surface area (Å²) in [6.45, 7) is -0.500. The van der Waals surface area contributed by atoms with E-state index < -0.39 is 16.6 Å². The Morgan fingerprint density at radius 1 is 0.857 bits per heavy atom. The first kappa shape index (κ1) is 38.6. The zero-order chi connectivity index (χ0) is 9.86. The van der Waals surface area contributed by atoms with Crippen LogP contribution in [0.3, 0.4) is 0 Å². The number of carbonyl (C=O) groups is 1. The summed E-state index contributed by atoms with van der Waals surface area (Å²) in [5.74, 6) is 0. The Hall–Kier alpha value is -1.21. The van der Waals surface area contributed by atoms with Crippen LogP contribution in [0.25, 0.3) is 0 Å². The smallest absolute Gasteiger partial charge is 0.554 e. The van der Waals surface area contributed by atoms with Crippen molar-refractivity contribution in [3.05, 3.63) is 30.6 Å². The second-order valence-corrected chi connectivity index (χ2v) is 0.543. The van der Waals surface area contributed by atoms with Crippen LogP contribution in [0.5, 0.6) is 0 Å². The molecule has 0 aliphatic heterocycles. The van der Waals surface area contributed by atoms with Gasteiger partial charge in [-0.15, -0.1) is 0 Å². The van der Waals surface area contributed by atoms with E-state index in [0.29, 0.717) is 0 Å². The second kappa shape index (κ2) is 40.9. The molecule has 0 amide bonds. The van der Waals surface area contributed by atoms with Gasteiger partial charge in [-0.3, -0.25) is 0 Å². The molecule has 0 radical (unpaired) electrons. The molecule has 8 N–H and O–H groups in total. The van der Waals surface area contributed by atoms with E-state index in [4.69, 9.17) is 40.5 Å². The maximum Gasteiger partial charge on any atom is 1.00 e. The third kappa shape index (κ3) is 706. The Morgan fingerprint density at radius 3 is 0.857 bits per heavy atom. The monoisotopic (exact) mass is 228 g/mol. The van der Waals surface area contributed by atoms with Crippen LogP contribution in [-0.4, -0.2) is 16.6 Å². The maximum absolute atomic E-state index is 8.25. The zero-order valence-electron chi connectivity index (χ0n) is 7.74. The molecule has 0 spiro atoms. The van der Waals surface area contributed by atoms with Crippen LogP contribution in [0.2, 0.25) is 0 Å². The standard InChI is InChI=1S/CH2O2.2NO3.2H3N.Na/c2-1-3;2*2-1(3)4;;;/h1H,(H,2,3);;;2*1H3;/q;2*-1;;;+1/p+1. The molecule has 0 aromatic rings. The van der Waals surface area contributed by atoms with Crippen LogP contribution in [-0.2, 0) is 4.79 Å². The van der Waals surface area contributed by atoms with Crippen molar-refractivity contribution in [2.45, 2.75) is 0 Å². The SMILES string of the molecule is O=C[O-].O=[N+]([O-])[O-].O=[N+]([O-])[O-].[NH4+].[NH4+].[Na+]. The van der Waals surface area contributed by atoms with Gasteiger partial charge in [-0.1, -0.05) is 0 Å². The summed E-state index contributed by atoms with van der Waals surface area (Å²) in [5.41, 5.74) is 0. The van der Waals surface area contributed by atoms with Gasteiger partial charge in [-0.25, -0.2) is 0 Å². The molecule has 12 nitrogen and oxygen atoms in total. The van der Waals surface area contributed by atoms with E-state index in [-0.39, 0.29) is 41.9 Å². The number of rotatable bonds is 0. The molecule has 0 aliphatic carbocycles. The van der Waals surface area contributed by atoms with Crippen molar-refractivity contribution in [3.8, 4) is 0 Å². The van der Waals surface area contributed by atoms with E-state index in [1.165, 1.54) is 0 Å². The van der Waals surface area contributed by atoms with Crippen molar-refractivity contribution in [1.82, 2.24) is 12.3 Å². The molecule has 0 fully saturated rings. The molecule has 0 rings (SSSR count). The van der Waals surface area contributed by atoms with Gasteiger partial charge in [0.25, 0.3) is 0 Å². The van der Waals surface area contributed by atoms with E-state index >= 15 is 0 Å². The number of quaternary nitrogens is 2. The summed E-state index contributed by atoms with van der Waals surface area (Å²) in [6, 6.07) is 0. The van der Waals surface area contributed by atoms with Crippen LogP contribution in [0.1, 0.15) is 0 Å². The van der Waals surface area contributed by atoms with E-state index in [0.717, 1.165) is 0 Å². The number of carbonyl (C=O) groups excluding carboxylic acids is 1. The number of hydrogen-bond acceptors (Lipinski definition) is 8. The van der Waals surface area contributed by atoms with Crippen molar-refractivity contribution in [2.24, 2.45) is 0 Å². The predicted molar refractivity (Wildman–Crippen MR) is 38.8 cm³/mol. The average Bonchev–Trinajstić information content (AvgIpc) is 1.60. The van der Waals surface area contributed by atoms with Gasteiger partial charge in [0.1, 0.15) is 0 Å². The molecule has 0 bridgehead atoms. The minimum atomic E-state index is -1.75. The Bertz CT molecular complexity index is 109. The summed E-state index contributed by atoms with van der Waals surface area (Å²) >= 11 is 0. The van der Waals surface area contributed by atoms with Gasteiger partial charge in [0, 0.05) is 6.47 Å². The zero-order valence-corrected chi connectivity index (χ0v) is 9.74. The van der Waals surface area contributed by atoms with Crippen LogP contribution < -0.4 is 47.0 Å². The van der Waals surface area contributed by atoms with Crippen molar-refractivity contribution in [2.75, 3.05) is 0 Å². The molecule has 0 aromatic heterocycles. The molecule has 0 unspecified atom stereocenters. The van der Waals surface area contributed by atoms with E-state index in [2.05, 4.69) is 0 Å². The van der Waals surface area contributed by atoms with Crippen molar-refractivity contribution in [1.29, 1.82) is 0 Å². The second-order valence-electron chi connectivity index (χ2n) is 0.543. The molecule has 0 saturated carbocycles. The molecule has 82 valence electrons. The van der Waals surface area contributed by atoms with Crippen molar-refractivity contribution < 1.29 is 49.6 Å². The third-order valence-corrected chi connectivity index (χ3v) is 0. The largest absolute Gasteiger partial charge is 1.00 e. The summed E-state index contributed by atoms with van der Waals surface area (Å²) < 4.78 is 0. The topological polar surface area (TPSA) is 246 Å². The minimum absolute atomic E-state index is 0. The first-order valence-corrected chi connectivity index (χ1v) is 1.57. The first-order valence-electron chi connectivity index (χ1n) is 1.57. The van der Waals surface area contributed by atoms with Gasteiger partial charge >= 0.3 is 29.6 Å². The molecule has 0 atom stereocenters. The Kier molecular flexibility index (Phi) is 113. The molecular weight excluding hydrogens is 219 g/mol. The Balaban J connectivity index is -0.0000000156. The van der Waals surface area contributed by atoms with Crippen LogP contribution in [0.15, 0.2) is 0 Å². The van der Waals surface area contributed by atoms with Crippen molar-refractivity contribution >= 4 is 6.47 Å². The van der Waals surface area contributed by atoms with E-state index in [1.807, 2.05) is 0 Å². The molecule has 0 saturated heterocycles. The fourth-order valence-electron chi connectivity index (χ4n) is 0. The third-order valence-electron chi connectivity index (χ3n) is 0. The fraction of sp³-hybridized carbons (Fsp3) is 0.